The minimum atomic E-state index is 0.00818. The summed E-state index contributed by atoms with van der Waals surface area (Å²) in [5, 5.41) is 18.6. The number of nitrogens with one attached hydrogen (secondary N) is 1. The Hall–Kier alpha value is -3.35. The van der Waals surface area contributed by atoms with Gasteiger partial charge in [-0.2, -0.15) is 5.10 Å². The Morgan fingerprint density at radius 2 is 1.77 bits per heavy atom. The van der Waals surface area contributed by atoms with E-state index in [0.29, 0.717) is 44.3 Å². The lowest BCUT2D eigenvalue weighted by Gasteiger charge is -2.12. The van der Waals surface area contributed by atoms with Crippen molar-refractivity contribution in [2.24, 2.45) is 0 Å². The SMILES string of the molecule is COc1ccccc1Oc1cn[nH]c1-c1ccc(OCc2ccc(Cl)cc2Cl)cc1O. The fraction of sp³-hybridized carbons (Fsp3) is 0.0870. The molecule has 0 aliphatic heterocycles. The average molecular weight is 457 g/mol. The van der Waals surface area contributed by atoms with Crippen molar-refractivity contribution in [3.63, 3.8) is 0 Å². The van der Waals surface area contributed by atoms with Gasteiger partial charge >= 0.3 is 0 Å². The maximum atomic E-state index is 10.6. The highest BCUT2D eigenvalue weighted by atomic mass is 35.5. The van der Waals surface area contributed by atoms with Gasteiger partial charge < -0.3 is 19.3 Å². The number of hydrogen-bond acceptors (Lipinski definition) is 5. The van der Waals surface area contributed by atoms with Gasteiger partial charge in [0.1, 0.15) is 23.8 Å². The molecule has 0 amide bonds. The van der Waals surface area contributed by atoms with Crippen molar-refractivity contribution in [1.29, 1.82) is 0 Å². The molecule has 0 saturated heterocycles. The minimum absolute atomic E-state index is 0.00818. The topological polar surface area (TPSA) is 76.6 Å². The molecule has 8 heteroatoms. The van der Waals surface area contributed by atoms with Gasteiger partial charge in [0.2, 0.25) is 0 Å². The molecule has 0 bridgehead atoms. The number of benzene rings is 3. The molecule has 4 rings (SSSR count). The highest BCUT2D eigenvalue weighted by molar-refractivity contribution is 6.35. The van der Waals surface area contributed by atoms with Crippen LogP contribution in [0.5, 0.6) is 28.7 Å². The number of methoxy groups -OCH3 is 1. The third-order valence-electron chi connectivity index (χ3n) is 4.54. The Bertz CT molecular complexity index is 1210. The molecule has 0 aliphatic rings. The zero-order valence-corrected chi connectivity index (χ0v) is 17.9. The number of aromatic nitrogens is 2. The van der Waals surface area contributed by atoms with E-state index >= 15 is 0 Å². The number of phenolic OH excluding ortho intramolecular Hbond substituents is 1. The first-order chi connectivity index (χ1) is 15.0. The molecule has 1 heterocycles. The maximum absolute atomic E-state index is 10.6. The zero-order valence-electron chi connectivity index (χ0n) is 16.4. The van der Waals surface area contributed by atoms with E-state index in [1.807, 2.05) is 12.1 Å². The number of para-hydroxylation sites is 2. The van der Waals surface area contributed by atoms with E-state index in [9.17, 15) is 5.11 Å². The molecule has 0 atom stereocenters. The molecule has 0 unspecified atom stereocenters. The number of ether oxygens (including phenoxy) is 3. The van der Waals surface area contributed by atoms with Crippen LogP contribution in [0.25, 0.3) is 11.3 Å². The van der Waals surface area contributed by atoms with Crippen LogP contribution < -0.4 is 14.2 Å². The summed E-state index contributed by atoms with van der Waals surface area (Å²) in [5.74, 6) is 2.06. The Balaban J connectivity index is 1.53. The first-order valence-corrected chi connectivity index (χ1v) is 10.0. The van der Waals surface area contributed by atoms with E-state index in [1.54, 1.807) is 49.6 Å². The summed E-state index contributed by atoms with van der Waals surface area (Å²) < 4.78 is 17.0. The van der Waals surface area contributed by atoms with Gasteiger partial charge in [-0.15, -0.1) is 0 Å². The van der Waals surface area contributed by atoms with Crippen LogP contribution >= 0.6 is 23.2 Å². The fourth-order valence-electron chi connectivity index (χ4n) is 2.98. The van der Waals surface area contributed by atoms with Crippen LogP contribution in [0.4, 0.5) is 0 Å². The summed E-state index contributed by atoms with van der Waals surface area (Å²) in [7, 11) is 1.57. The molecule has 31 heavy (non-hydrogen) atoms. The monoisotopic (exact) mass is 456 g/mol. The third kappa shape index (κ3) is 4.71. The van der Waals surface area contributed by atoms with Crippen molar-refractivity contribution in [3.05, 3.63) is 82.5 Å². The van der Waals surface area contributed by atoms with Gasteiger partial charge in [-0.1, -0.05) is 41.4 Å². The van der Waals surface area contributed by atoms with Gasteiger partial charge in [0.05, 0.1) is 13.3 Å². The highest BCUT2D eigenvalue weighted by Crippen LogP contribution is 2.40. The van der Waals surface area contributed by atoms with E-state index in [1.165, 1.54) is 12.3 Å². The van der Waals surface area contributed by atoms with Crippen molar-refractivity contribution in [2.45, 2.75) is 6.61 Å². The van der Waals surface area contributed by atoms with E-state index in [2.05, 4.69) is 10.2 Å². The minimum Gasteiger partial charge on any atom is -0.507 e. The third-order valence-corrected chi connectivity index (χ3v) is 5.13. The number of halogens is 2. The van der Waals surface area contributed by atoms with Crippen molar-refractivity contribution >= 4 is 23.2 Å². The molecule has 4 aromatic rings. The van der Waals surface area contributed by atoms with E-state index in [4.69, 9.17) is 37.4 Å². The fourth-order valence-corrected chi connectivity index (χ4v) is 3.44. The molecule has 0 radical (unpaired) electrons. The lowest BCUT2D eigenvalue weighted by Crippen LogP contribution is -1.96. The van der Waals surface area contributed by atoms with Crippen LogP contribution in [0.2, 0.25) is 10.0 Å². The molecule has 1 aromatic heterocycles. The predicted octanol–water partition coefficient (Wildman–Crippen LogP) is 6.47. The van der Waals surface area contributed by atoms with Crippen LogP contribution in [0.15, 0.2) is 66.9 Å². The number of aromatic hydroxyl groups is 1. The summed E-state index contributed by atoms with van der Waals surface area (Å²) in [6.07, 6.45) is 1.54. The lowest BCUT2D eigenvalue weighted by atomic mass is 10.1. The van der Waals surface area contributed by atoms with Gasteiger partial charge in [-0.3, -0.25) is 5.10 Å². The summed E-state index contributed by atoms with van der Waals surface area (Å²) >= 11 is 12.1. The number of nitrogens with zero attached hydrogens (tertiary/aromatic N) is 1. The molecule has 0 aliphatic carbocycles. The maximum Gasteiger partial charge on any atom is 0.173 e. The Labute approximate surface area is 188 Å². The van der Waals surface area contributed by atoms with Crippen LogP contribution in [0.3, 0.4) is 0 Å². The molecule has 0 saturated carbocycles. The summed E-state index contributed by atoms with van der Waals surface area (Å²) in [6, 6.07) is 17.5. The van der Waals surface area contributed by atoms with Crippen LogP contribution in [-0.2, 0) is 6.61 Å². The van der Waals surface area contributed by atoms with Crippen molar-refractivity contribution in [1.82, 2.24) is 10.2 Å². The van der Waals surface area contributed by atoms with Crippen LogP contribution in [0, 0.1) is 0 Å². The first kappa shape index (κ1) is 20.9. The van der Waals surface area contributed by atoms with Gasteiger partial charge in [-0.05, 0) is 36.4 Å². The standard InChI is InChI=1S/C23H18Cl2N2O4/c1-29-20-4-2-3-5-21(20)31-22-12-26-27-23(22)17-9-8-16(11-19(17)28)30-13-14-6-7-15(24)10-18(14)25/h2-12,28H,13H2,1H3,(H,26,27). The van der Waals surface area contributed by atoms with Gasteiger partial charge in [0.15, 0.2) is 17.2 Å². The molecule has 158 valence electrons. The van der Waals surface area contributed by atoms with E-state index in [0.717, 1.165) is 5.56 Å². The molecule has 0 spiro atoms. The Kier molecular flexibility index (Phi) is 6.21. The normalized spacial score (nSPS) is 10.7. The smallest absolute Gasteiger partial charge is 0.173 e. The predicted molar refractivity (Wildman–Crippen MR) is 120 cm³/mol. The molecule has 3 aromatic carbocycles. The van der Waals surface area contributed by atoms with Gasteiger partial charge in [-0.25, -0.2) is 0 Å². The number of H-pyrrole nitrogens is 1. The molecule has 0 fully saturated rings. The zero-order chi connectivity index (χ0) is 21.8. The second kappa shape index (κ2) is 9.20. The highest BCUT2D eigenvalue weighted by Gasteiger charge is 2.16. The Morgan fingerprint density at radius 1 is 0.968 bits per heavy atom. The molecule has 6 nitrogen and oxygen atoms in total. The largest absolute Gasteiger partial charge is 0.507 e. The van der Waals surface area contributed by atoms with E-state index in [-0.39, 0.29) is 12.4 Å². The second-order valence-electron chi connectivity index (χ2n) is 6.57. The van der Waals surface area contributed by atoms with E-state index < -0.39 is 0 Å². The van der Waals surface area contributed by atoms with Crippen LogP contribution in [-0.4, -0.2) is 22.4 Å². The molecular weight excluding hydrogens is 439 g/mol. The number of aromatic amines is 1. The molecule has 2 N–H and O–H groups in total. The molecular formula is C23H18Cl2N2O4. The first-order valence-electron chi connectivity index (χ1n) is 9.29. The summed E-state index contributed by atoms with van der Waals surface area (Å²) in [6.45, 7) is 0.237. The van der Waals surface area contributed by atoms with Gasteiger partial charge in [0, 0.05) is 27.2 Å². The lowest BCUT2D eigenvalue weighted by molar-refractivity contribution is 0.304. The van der Waals surface area contributed by atoms with Crippen molar-refractivity contribution < 1.29 is 19.3 Å². The van der Waals surface area contributed by atoms with Crippen LogP contribution in [0.1, 0.15) is 5.56 Å². The summed E-state index contributed by atoms with van der Waals surface area (Å²) in [4.78, 5) is 0. The average Bonchev–Trinajstić information content (AvgIpc) is 3.21. The van der Waals surface area contributed by atoms with Crippen molar-refractivity contribution in [3.8, 4) is 40.0 Å². The Morgan fingerprint density at radius 3 is 2.52 bits per heavy atom. The van der Waals surface area contributed by atoms with Crippen molar-refractivity contribution in [2.75, 3.05) is 7.11 Å². The number of rotatable bonds is 7. The second-order valence-corrected chi connectivity index (χ2v) is 7.41. The summed E-state index contributed by atoms with van der Waals surface area (Å²) in [5.41, 5.74) is 1.82. The number of hydrogen-bond donors (Lipinski definition) is 2. The number of phenols is 1. The quantitative estimate of drug-likeness (QED) is 0.333. The van der Waals surface area contributed by atoms with Gasteiger partial charge in [0.25, 0.3) is 0 Å².